The smallest absolute Gasteiger partial charge is 0.251 e. The van der Waals surface area contributed by atoms with Crippen molar-refractivity contribution in [2.75, 3.05) is 38.0 Å². The minimum Gasteiger partial charge on any atom is -0.385 e. The maximum absolute atomic E-state index is 12.4. The van der Waals surface area contributed by atoms with Crippen molar-refractivity contribution in [3.8, 4) is 0 Å². The van der Waals surface area contributed by atoms with Crippen LogP contribution in [0.4, 0.5) is 5.69 Å². The molecule has 2 fully saturated rings. The summed E-state index contributed by atoms with van der Waals surface area (Å²) in [6.45, 7) is 8.72. The molecule has 0 radical (unpaired) electrons. The van der Waals surface area contributed by atoms with Crippen LogP contribution in [-0.2, 0) is 9.59 Å². The highest BCUT2D eigenvalue weighted by Crippen LogP contribution is 2.21. The highest BCUT2D eigenvalue weighted by molar-refractivity contribution is 6.04. The third kappa shape index (κ3) is 7.60. The molecule has 6 heteroatoms. The van der Waals surface area contributed by atoms with Gasteiger partial charge >= 0.3 is 0 Å². The Morgan fingerprint density at radius 3 is 2.39 bits per heavy atom. The number of amides is 2. The van der Waals surface area contributed by atoms with Crippen LogP contribution < -0.4 is 10.6 Å². The molecule has 0 unspecified atom stereocenters. The first-order valence-electron chi connectivity index (χ1n) is 12.4. The highest BCUT2D eigenvalue weighted by Gasteiger charge is 2.24. The summed E-state index contributed by atoms with van der Waals surface area (Å²) in [7, 11) is 0. The van der Waals surface area contributed by atoms with Gasteiger partial charge in [0.2, 0.25) is 5.91 Å². The normalized spacial score (nSPS) is 19.0. The van der Waals surface area contributed by atoms with Crippen LogP contribution in [0.5, 0.6) is 0 Å². The molecule has 2 heterocycles. The second kappa shape index (κ2) is 13.0. The molecule has 2 aliphatic heterocycles. The molecule has 6 nitrogen and oxygen atoms in total. The maximum atomic E-state index is 12.4. The highest BCUT2D eigenvalue weighted by atomic mass is 16.2. The van der Waals surface area contributed by atoms with Gasteiger partial charge in [-0.2, -0.15) is 0 Å². The van der Waals surface area contributed by atoms with Crippen molar-refractivity contribution in [2.45, 2.75) is 52.0 Å². The molecule has 2 saturated heterocycles. The molecule has 0 atom stereocenters. The first kappa shape index (κ1) is 24.8. The van der Waals surface area contributed by atoms with Crippen LogP contribution in [0.25, 0.3) is 0 Å². The largest absolute Gasteiger partial charge is 0.385 e. The minimum absolute atomic E-state index is 0.0552. The summed E-state index contributed by atoms with van der Waals surface area (Å²) in [6.07, 6.45) is 12.7. The van der Waals surface area contributed by atoms with Gasteiger partial charge in [0, 0.05) is 55.1 Å². The second-order valence-electron chi connectivity index (χ2n) is 8.53. The van der Waals surface area contributed by atoms with Gasteiger partial charge in [0.1, 0.15) is 0 Å². The fraction of sp³-hybridized carbons (Fsp3) is 0.481. The van der Waals surface area contributed by atoms with E-state index in [0.717, 1.165) is 62.5 Å². The van der Waals surface area contributed by atoms with E-state index in [4.69, 9.17) is 0 Å². The Hall–Kier alpha value is -2.86. The first-order valence-corrected chi connectivity index (χ1v) is 12.4. The first-order chi connectivity index (χ1) is 16.2. The fourth-order valence-corrected chi connectivity index (χ4v) is 4.39. The number of piperidine rings is 1. The number of anilines is 1. The number of para-hydroxylation sites is 1. The number of hydrogen-bond donors (Lipinski definition) is 2. The van der Waals surface area contributed by atoms with Crippen molar-refractivity contribution in [3.05, 3.63) is 65.9 Å². The van der Waals surface area contributed by atoms with Gasteiger partial charge in [0.05, 0.1) is 0 Å². The van der Waals surface area contributed by atoms with Gasteiger partial charge in [-0.25, -0.2) is 0 Å². The topological polar surface area (TPSA) is 64.7 Å². The SMILES string of the molecule is CC.O=C(Nc1ccccc1)C1=CC=C(NC2CCN(C(=O)/C=C/CN3CCCC3)CC2)C1. The van der Waals surface area contributed by atoms with E-state index in [1.807, 2.05) is 67.3 Å². The standard InChI is InChI=1S/C25H32N4O2.C2H6/c30-24(9-6-16-28-14-4-5-15-28)29-17-12-22(13-18-29)26-23-11-10-20(19-23)25(31)27-21-7-2-1-3-8-21;1-2/h1-3,6-11,22,26H,4-5,12-19H2,(H,27,31);1-2H3/b9-6+;. The summed E-state index contributed by atoms with van der Waals surface area (Å²) in [5.41, 5.74) is 2.65. The lowest BCUT2D eigenvalue weighted by Crippen LogP contribution is -2.44. The van der Waals surface area contributed by atoms with E-state index in [0.29, 0.717) is 12.5 Å². The lowest BCUT2D eigenvalue weighted by Gasteiger charge is -2.32. The van der Waals surface area contributed by atoms with Crippen LogP contribution in [-0.4, -0.2) is 60.4 Å². The quantitative estimate of drug-likeness (QED) is 0.614. The molecule has 2 N–H and O–H groups in total. The van der Waals surface area contributed by atoms with Gasteiger partial charge in [-0.1, -0.05) is 44.2 Å². The molecule has 1 aromatic rings. The molecular formula is C27H38N4O2. The molecule has 0 spiro atoms. The Balaban J connectivity index is 0.00000149. The van der Waals surface area contributed by atoms with Crippen LogP contribution in [0, 0.1) is 0 Å². The van der Waals surface area contributed by atoms with Crippen molar-refractivity contribution < 1.29 is 9.59 Å². The molecule has 4 rings (SSSR count). The molecule has 1 aliphatic carbocycles. The number of rotatable bonds is 7. The summed E-state index contributed by atoms with van der Waals surface area (Å²) in [4.78, 5) is 29.2. The van der Waals surface area contributed by atoms with E-state index in [9.17, 15) is 9.59 Å². The van der Waals surface area contributed by atoms with Crippen molar-refractivity contribution in [1.29, 1.82) is 0 Å². The van der Waals surface area contributed by atoms with Crippen LogP contribution >= 0.6 is 0 Å². The summed E-state index contributed by atoms with van der Waals surface area (Å²) < 4.78 is 0. The zero-order chi connectivity index (χ0) is 23.5. The van der Waals surface area contributed by atoms with E-state index < -0.39 is 0 Å². The average molecular weight is 451 g/mol. The van der Waals surface area contributed by atoms with Crippen LogP contribution in [0.1, 0.15) is 46.0 Å². The molecule has 178 valence electrons. The third-order valence-corrected chi connectivity index (χ3v) is 6.21. The molecule has 3 aliphatic rings. The number of likely N-dealkylation sites (tertiary alicyclic amines) is 2. The van der Waals surface area contributed by atoms with Crippen LogP contribution in [0.15, 0.2) is 65.9 Å². The molecule has 33 heavy (non-hydrogen) atoms. The zero-order valence-corrected chi connectivity index (χ0v) is 20.1. The summed E-state index contributed by atoms with van der Waals surface area (Å²) >= 11 is 0. The summed E-state index contributed by atoms with van der Waals surface area (Å²) in [5.74, 6) is 0.0691. The number of benzene rings is 1. The molecule has 0 aromatic heterocycles. The molecule has 1 aromatic carbocycles. The average Bonchev–Trinajstić information content (AvgIpc) is 3.54. The predicted octanol–water partition coefficient (Wildman–Crippen LogP) is 4.10. The zero-order valence-electron chi connectivity index (χ0n) is 20.1. The van der Waals surface area contributed by atoms with Gasteiger partial charge in [-0.05, 0) is 57.0 Å². The number of nitrogens with one attached hydrogen (secondary N) is 2. The van der Waals surface area contributed by atoms with E-state index >= 15 is 0 Å². The number of carbonyl (C=O) groups is 2. The van der Waals surface area contributed by atoms with Crippen molar-refractivity contribution >= 4 is 17.5 Å². The van der Waals surface area contributed by atoms with Gasteiger partial charge in [-0.3, -0.25) is 14.5 Å². The number of nitrogens with zero attached hydrogens (tertiary/aromatic N) is 2. The van der Waals surface area contributed by atoms with E-state index in [2.05, 4.69) is 15.5 Å². The third-order valence-electron chi connectivity index (χ3n) is 6.21. The number of hydrogen-bond acceptors (Lipinski definition) is 4. The Labute approximate surface area is 198 Å². The van der Waals surface area contributed by atoms with Crippen LogP contribution in [0.3, 0.4) is 0 Å². The van der Waals surface area contributed by atoms with Gasteiger partial charge < -0.3 is 15.5 Å². The van der Waals surface area contributed by atoms with Gasteiger partial charge in [0.25, 0.3) is 5.91 Å². The lowest BCUT2D eigenvalue weighted by atomic mass is 10.0. The van der Waals surface area contributed by atoms with Gasteiger partial charge in [0.15, 0.2) is 0 Å². The van der Waals surface area contributed by atoms with Crippen LogP contribution in [0.2, 0.25) is 0 Å². The lowest BCUT2D eigenvalue weighted by molar-refractivity contribution is -0.127. The number of carbonyl (C=O) groups excluding carboxylic acids is 2. The van der Waals surface area contributed by atoms with E-state index in [1.54, 1.807) is 6.08 Å². The van der Waals surface area contributed by atoms with E-state index in [1.165, 1.54) is 12.8 Å². The Morgan fingerprint density at radius 2 is 1.70 bits per heavy atom. The Kier molecular flexibility index (Phi) is 9.76. The molecule has 0 saturated carbocycles. The Morgan fingerprint density at radius 1 is 1.00 bits per heavy atom. The van der Waals surface area contributed by atoms with Crippen molar-refractivity contribution in [2.24, 2.45) is 0 Å². The molecule has 0 bridgehead atoms. The molecule has 2 amide bonds. The van der Waals surface area contributed by atoms with Crippen molar-refractivity contribution in [3.63, 3.8) is 0 Å². The van der Waals surface area contributed by atoms with E-state index in [-0.39, 0.29) is 11.8 Å². The fourth-order valence-electron chi connectivity index (χ4n) is 4.39. The summed E-state index contributed by atoms with van der Waals surface area (Å²) in [6, 6.07) is 9.86. The van der Waals surface area contributed by atoms with Gasteiger partial charge in [-0.15, -0.1) is 0 Å². The Bertz CT molecular complexity index is 861. The second-order valence-corrected chi connectivity index (χ2v) is 8.53. The minimum atomic E-state index is -0.0552. The maximum Gasteiger partial charge on any atom is 0.251 e. The predicted molar refractivity (Wildman–Crippen MR) is 135 cm³/mol. The monoisotopic (exact) mass is 450 g/mol. The summed E-state index contributed by atoms with van der Waals surface area (Å²) in [5, 5.41) is 6.51. The molecular weight excluding hydrogens is 412 g/mol. The van der Waals surface area contributed by atoms with Crippen molar-refractivity contribution in [1.82, 2.24) is 15.1 Å². The number of allylic oxidation sites excluding steroid dienone is 3.